The summed E-state index contributed by atoms with van der Waals surface area (Å²) in [6.07, 6.45) is 5.20. The molecule has 1 aromatic heterocycles. The van der Waals surface area contributed by atoms with Gasteiger partial charge in [0.25, 0.3) is 5.91 Å². The molecule has 122 valence electrons. The summed E-state index contributed by atoms with van der Waals surface area (Å²) in [4.78, 5) is 20.2. The molecule has 7 heteroatoms. The first-order valence-electron chi connectivity index (χ1n) is 7.17. The monoisotopic (exact) mass is 317 g/mol. The van der Waals surface area contributed by atoms with Crippen molar-refractivity contribution in [3.05, 3.63) is 47.9 Å². The van der Waals surface area contributed by atoms with Crippen LogP contribution in [-0.4, -0.2) is 41.3 Å². The lowest BCUT2D eigenvalue weighted by Gasteiger charge is -2.10. The van der Waals surface area contributed by atoms with Gasteiger partial charge in [-0.2, -0.15) is 0 Å². The Morgan fingerprint density at radius 3 is 2.83 bits per heavy atom. The first-order chi connectivity index (χ1) is 11.2. The molecule has 23 heavy (non-hydrogen) atoms. The highest BCUT2D eigenvalue weighted by molar-refractivity contribution is 6.04. The van der Waals surface area contributed by atoms with E-state index in [1.54, 1.807) is 25.3 Å². The van der Waals surface area contributed by atoms with Crippen LogP contribution in [0.3, 0.4) is 0 Å². The number of ether oxygens (including phenoxy) is 2. The molecule has 0 radical (unpaired) electrons. The van der Waals surface area contributed by atoms with Crippen molar-refractivity contribution in [1.82, 2.24) is 9.97 Å². The minimum atomic E-state index is -0.345. The number of hydrogen-bond donors (Lipinski definition) is 2. The van der Waals surface area contributed by atoms with Gasteiger partial charge in [0.1, 0.15) is 5.75 Å². The van der Waals surface area contributed by atoms with E-state index in [1.165, 1.54) is 18.6 Å². The molecule has 2 aromatic rings. The third-order valence-electron chi connectivity index (χ3n) is 2.98. The van der Waals surface area contributed by atoms with Crippen molar-refractivity contribution in [2.75, 3.05) is 25.6 Å². The third kappa shape index (κ3) is 5.32. The van der Waals surface area contributed by atoms with Gasteiger partial charge in [-0.3, -0.25) is 9.78 Å². The largest absolute Gasteiger partial charge is 0.493 e. The number of nitrogens with zero attached hydrogens (tertiary/aromatic N) is 2. The number of aromatic nitrogens is 2. The van der Waals surface area contributed by atoms with Gasteiger partial charge >= 0.3 is 0 Å². The third-order valence-corrected chi connectivity index (χ3v) is 2.98. The van der Waals surface area contributed by atoms with Crippen LogP contribution in [0.2, 0.25) is 0 Å². The van der Waals surface area contributed by atoms with E-state index in [4.69, 9.17) is 9.47 Å². The summed E-state index contributed by atoms with van der Waals surface area (Å²) < 4.78 is 10.5. The predicted molar refractivity (Wildman–Crippen MR) is 84.3 cm³/mol. The number of rotatable bonds is 8. The molecular weight excluding hydrogens is 298 g/mol. The number of methoxy groups -OCH3 is 1. The molecule has 0 aliphatic rings. The molecule has 1 heterocycles. The van der Waals surface area contributed by atoms with Gasteiger partial charge in [0.2, 0.25) is 0 Å². The highest BCUT2D eigenvalue weighted by Gasteiger charge is 2.10. The average Bonchev–Trinajstić information content (AvgIpc) is 2.59. The zero-order chi connectivity index (χ0) is 16.5. The number of aliphatic hydroxyl groups excluding tert-OH is 1. The second-order valence-corrected chi connectivity index (χ2v) is 4.76. The van der Waals surface area contributed by atoms with E-state index in [1.807, 2.05) is 0 Å². The Kier molecular flexibility index (Phi) is 6.46. The average molecular weight is 317 g/mol. The molecule has 0 aliphatic carbocycles. The zero-order valence-corrected chi connectivity index (χ0v) is 12.9. The van der Waals surface area contributed by atoms with Crippen molar-refractivity contribution in [1.29, 1.82) is 0 Å². The second kappa shape index (κ2) is 8.82. The van der Waals surface area contributed by atoms with Gasteiger partial charge in [-0.05, 0) is 23.8 Å². The fourth-order valence-corrected chi connectivity index (χ4v) is 1.91. The molecule has 7 nitrogen and oxygen atoms in total. The molecule has 0 unspecified atom stereocenters. The topological polar surface area (TPSA) is 93.6 Å². The van der Waals surface area contributed by atoms with Crippen molar-refractivity contribution >= 4 is 11.7 Å². The quantitative estimate of drug-likeness (QED) is 0.719. The van der Waals surface area contributed by atoms with E-state index in [0.29, 0.717) is 35.9 Å². The first-order valence-corrected chi connectivity index (χ1v) is 7.17. The lowest BCUT2D eigenvalue weighted by molar-refractivity contribution is 0.102. The number of aliphatic hydroxyl groups is 1. The maximum atomic E-state index is 12.3. The van der Waals surface area contributed by atoms with E-state index in [-0.39, 0.29) is 12.5 Å². The van der Waals surface area contributed by atoms with Gasteiger partial charge in [-0.25, -0.2) is 4.98 Å². The maximum absolute atomic E-state index is 12.3. The first kappa shape index (κ1) is 16.9. The van der Waals surface area contributed by atoms with E-state index in [9.17, 15) is 9.90 Å². The van der Waals surface area contributed by atoms with Crippen molar-refractivity contribution in [2.24, 2.45) is 0 Å². The smallest absolute Gasteiger partial charge is 0.257 e. The molecule has 0 saturated carbocycles. The van der Waals surface area contributed by atoms with Crippen LogP contribution in [0.25, 0.3) is 0 Å². The lowest BCUT2D eigenvalue weighted by atomic mass is 10.1. The summed E-state index contributed by atoms with van der Waals surface area (Å²) in [7, 11) is 1.63. The summed E-state index contributed by atoms with van der Waals surface area (Å²) in [5.74, 6) is 0.536. The number of hydrogen-bond acceptors (Lipinski definition) is 6. The summed E-state index contributed by atoms with van der Waals surface area (Å²) in [5, 5.41) is 12.0. The van der Waals surface area contributed by atoms with Crippen LogP contribution < -0.4 is 10.1 Å². The van der Waals surface area contributed by atoms with Gasteiger partial charge in [-0.15, -0.1) is 0 Å². The molecule has 0 atom stereocenters. The number of nitrogens with one attached hydrogen (secondary N) is 1. The van der Waals surface area contributed by atoms with Crippen molar-refractivity contribution in [2.45, 2.75) is 13.0 Å². The van der Waals surface area contributed by atoms with Crippen LogP contribution in [-0.2, 0) is 11.3 Å². The SMILES string of the molecule is COCCCOc1cc(CO)cc(C(=O)Nc2cnccn2)c1. The van der Waals surface area contributed by atoms with Crippen LogP contribution in [0, 0.1) is 0 Å². The Balaban J connectivity index is 2.09. The highest BCUT2D eigenvalue weighted by atomic mass is 16.5. The number of anilines is 1. The molecule has 0 aliphatic heterocycles. The Hall–Kier alpha value is -2.51. The normalized spacial score (nSPS) is 10.3. The van der Waals surface area contributed by atoms with Crippen LogP contribution in [0.1, 0.15) is 22.3 Å². The summed E-state index contributed by atoms with van der Waals surface area (Å²) in [6.45, 7) is 0.883. The fourth-order valence-electron chi connectivity index (χ4n) is 1.91. The fraction of sp³-hybridized carbons (Fsp3) is 0.312. The Labute approximate surface area is 134 Å². The number of carbonyl (C=O) groups excluding carboxylic acids is 1. The number of carbonyl (C=O) groups is 1. The van der Waals surface area contributed by atoms with Crippen molar-refractivity contribution in [3.63, 3.8) is 0 Å². The van der Waals surface area contributed by atoms with Crippen LogP contribution in [0.15, 0.2) is 36.8 Å². The lowest BCUT2D eigenvalue weighted by Crippen LogP contribution is -2.14. The molecule has 0 saturated heterocycles. The molecule has 1 aromatic carbocycles. The van der Waals surface area contributed by atoms with Crippen molar-refractivity contribution in [3.8, 4) is 5.75 Å². The molecular formula is C16H19N3O4. The highest BCUT2D eigenvalue weighted by Crippen LogP contribution is 2.19. The van der Waals surface area contributed by atoms with E-state index in [0.717, 1.165) is 6.42 Å². The second-order valence-electron chi connectivity index (χ2n) is 4.76. The van der Waals surface area contributed by atoms with Gasteiger partial charge in [-0.1, -0.05) is 0 Å². The molecule has 0 spiro atoms. The van der Waals surface area contributed by atoms with Gasteiger partial charge < -0.3 is 19.9 Å². The summed E-state index contributed by atoms with van der Waals surface area (Å²) >= 11 is 0. The van der Waals surface area contributed by atoms with Crippen molar-refractivity contribution < 1.29 is 19.4 Å². The molecule has 2 rings (SSSR count). The number of benzene rings is 1. The Bertz CT molecular complexity index is 634. The van der Waals surface area contributed by atoms with Crippen LogP contribution in [0.4, 0.5) is 5.82 Å². The van der Waals surface area contributed by atoms with Crippen LogP contribution >= 0.6 is 0 Å². The van der Waals surface area contributed by atoms with E-state index >= 15 is 0 Å². The predicted octanol–water partition coefficient (Wildman–Crippen LogP) is 1.64. The Morgan fingerprint density at radius 2 is 2.13 bits per heavy atom. The Morgan fingerprint density at radius 1 is 1.26 bits per heavy atom. The van der Waals surface area contributed by atoms with Gasteiger partial charge in [0.15, 0.2) is 5.82 Å². The van der Waals surface area contributed by atoms with Crippen LogP contribution in [0.5, 0.6) is 5.75 Å². The molecule has 0 fully saturated rings. The number of amides is 1. The van der Waals surface area contributed by atoms with E-state index < -0.39 is 0 Å². The molecule has 1 amide bonds. The summed E-state index contributed by atoms with van der Waals surface area (Å²) in [5.41, 5.74) is 0.975. The zero-order valence-electron chi connectivity index (χ0n) is 12.9. The molecule has 0 bridgehead atoms. The maximum Gasteiger partial charge on any atom is 0.257 e. The van der Waals surface area contributed by atoms with Gasteiger partial charge in [0.05, 0.1) is 19.4 Å². The standard InChI is InChI=1S/C16H19N3O4/c1-22-5-2-6-23-14-8-12(11-20)7-13(9-14)16(21)19-15-10-17-3-4-18-15/h3-4,7-10,20H,2,5-6,11H2,1H3,(H,18,19,21). The van der Waals surface area contributed by atoms with Gasteiger partial charge in [0, 0.05) is 38.1 Å². The minimum absolute atomic E-state index is 0.180. The minimum Gasteiger partial charge on any atom is -0.493 e. The summed E-state index contributed by atoms with van der Waals surface area (Å²) in [6, 6.07) is 4.93. The van der Waals surface area contributed by atoms with E-state index in [2.05, 4.69) is 15.3 Å². The molecule has 2 N–H and O–H groups in total.